The molecule has 2 heterocycles. The highest BCUT2D eigenvalue weighted by atomic mass is 16.3. The maximum atomic E-state index is 9.67. The van der Waals surface area contributed by atoms with Crippen LogP contribution in [-0.2, 0) is 6.54 Å². The lowest BCUT2D eigenvalue weighted by Gasteiger charge is -2.13. The lowest BCUT2D eigenvalue weighted by Crippen LogP contribution is -2.32. The van der Waals surface area contributed by atoms with Gasteiger partial charge in [-0.05, 0) is 5.56 Å². The second-order valence-corrected chi connectivity index (χ2v) is 4.99. The van der Waals surface area contributed by atoms with Crippen LogP contribution in [0.1, 0.15) is 5.56 Å². The van der Waals surface area contributed by atoms with Gasteiger partial charge in [0.15, 0.2) is 5.82 Å². The first-order chi connectivity index (χ1) is 9.22. The van der Waals surface area contributed by atoms with Gasteiger partial charge in [0.05, 0.1) is 12.6 Å². The van der Waals surface area contributed by atoms with E-state index in [1.807, 2.05) is 40.0 Å². The minimum atomic E-state index is -0.459. The summed E-state index contributed by atoms with van der Waals surface area (Å²) in [5.74, 6) is 0.878. The molecule has 1 saturated heterocycles. The Labute approximate surface area is 112 Å². The Morgan fingerprint density at radius 3 is 2.68 bits per heavy atom. The number of nitrogens with zero attached hydrogens (tertiary/aromatic N) is 3. The van der Waals surface area contributed by atoms with Gasteiger partial charge in [0.1, 0.15) is 0 Å². The number of aliphatic hydroxyl groups excluding tert-OH is 1. The van der Waals surface area contributed by atoms with Crippen molar-refractivity contribution >= 4 is 5.82 Å². The van der Waals surface area contributed by atoms with E-state index in [4.69, 9.17) is 5.73 Å². The third kappa shape index (κ3) is 2.62. The molecule has 5 heteroatoms. The Morgan fingerprint density at radius 1 is 1.21 bits per heavy atom. The average molecular weight is 258 g/mol. The standard InChI is InChI=1S/C14H18N4O/c15-12-9-17(10-13(12)19)14-6-7-18(16-14)8-11-4-2-1-3-5-11/h1-7,12-13,19H,8-10,15H2/t12-,13+/m0/s1. The van der Waals surface area contributed by atoms with E-state index < -0.39 is 6.10 Å². The third-order valence-electron chi connectivity index (χ3n) is 3.47. The summed E-state index contributed by atoms with van der Waals surface area (Å²) in [6.07, 6.45) is 1.50. The fourth-order valence-corrected chi connectivity index (χ4v) is 2.38. The van der Waals surface area contributed by atoms with Crippen LogP contribution in [-0.4, -0.2) is 40.1 Å². The van der Waals surface area contributed by atoms with Crippen molar-refractivity contribution < 1.29 is 5.11 Å². The van der Waals surface area contributed by atoms with Gasteiger partial charge < -0.3 is 15.7 Å². The number of anilines is 1. The van der Waals surface area contributed by atoms with Crippen molar-refractivity contribution in [3.63, 3.8) is 0 Å². The summed E-state index contributed by atoms with van der Waals surface area (Å²) in [5.41, 5.74) is 7.03. The van der Waals surface area contributed by atoms with Gasteiger partial charge in [-0.25, -0.2) is 0 Å². The molecule has 0 spiro atoms. The van der Waals surface area contributed by atoms with Crippen molar-refractivity contribution in [2.24, 2.45) is 5.73 Å². The molecule has 1 aromatic heterocycles. The first-order valence-corrected chi connectivity index (χ1v) is 6.48. The molecule has 100 valence electrons. The summed E-state index contributed by atoms with van der Waals surface area (Å²) in [4.78, 5) is 2.02. The predicted molar refractivity (Wildman–Crippen MR) is 74.0 cm³/mol. The molecule has 5 nitrogen and oxygen atoms in total. The van der Waals surface area contributed by atoms with Crippen LogP contribution < -0.4 is 10.6 Å². The summed E-state index contributed by atoms with van der Waals surface area (Å²) in [6, 6.07) is 12.0. The second kappa shape index (κ2) is 5.03. The number of nitrogens with two attached hydrogens (primary N) is 1. The van der Waals surface area contributed by atoms with Crippen LogP contribution in [0, 0.1) is 0 Å². The Morgan fingerprint density at radius 2 is 2.00 bits per heavy atom. The molecule has 2 aromatic rings. The van der Waals surface area contributed by atoms with Crippen molar-refractivity contribution in [2.75, 3.05) is 18.0 Å². The van der Waals surface area contributed by atoms with Gasteiger partial charge in [0.2, 0.25) is 0 Å². The van der Waals surface area contributed by atoms with E-state index in [0.717, 1.165) is 12.4 Å². The molecule has 0 bridgehead atoms. The fourth-order valence-electron chi connectivity index (χ4n) is 2.38. The molecule has 1 fully saturated rings. The Kier molecular flexibility index (Phi) is 3.23. The third-order valence-corrected chi connectivity index (χ3v) is 3.47. The Bertz CT molecular complexity index is 529. The number of β-amino-alcohol motifs (C(OH)–C–C–N with tert-alkyl or cyclic N) is 1. The second-order valence-electron chi connectivity index (χ2n) is 4.99. The van der Waals surface area contributed by atoms with Gasteiger partial charge in [0, 0.05) is 31.4 Å². The largest absolute Gasteiger partial charge is 0.390 e. The number of benzene rings is 1. The molecular formula is C14H18N4O. The zero-order chi connectivity index (χ0) is 13.2. The quantitative estimate of drug-likeness (QED) is 0.838. The van der Waals surface area contributed by atoms with E-state index in [0.29, 0.717) is 13.1 Å². The maximum absolute atomic E-state index is 9.67. The summed E-state index contributed by atoms with van der Waals surface area (Å²) < 4.78 is 1.90. The highest BCUT2D eigenvalue weighted by molar-refractivity contribution is 5.39. The number of aliphatic hydroxyl groups is 1. The van der Waals surface area contributed by atoms with Gasteiger partial charge in [-0.1, -0.05) is 30.3 Å². The van der Waals surface area contributed by atoms with E-state index in [1.54, 1.807) is 0 Å². The minimum Gasteiger partial charge on any atom is -0.390 e. The normalized spacial score (nSPS) is 22.9. The van der Waals surface area contributed by atoms with E-state index >= 15 is 0 Å². The van der Waals surface area contributed by atoms with Crippen LogP contribution in [0.25, 0.3) is 0 Å². The van der Waals surface area contributed by atoms with Crippen LogP contribution in [0.5, 0.6) is 0 Å². The molecule has 0 unspecified atom stereocenters. The lowest BCUT2D eigenvalue weighted by molar-refractivity contribution is 0.180. The summed E-state index contributed by atoms with van der Waals surface area (Å²) in [5, 5.41) is 14.2. The molecule has 0 radical (unpaired) electrons. The van der Waals surface area contributed by atoms with E-state index in [9.17, 15) is 5.11 Å². The molecule has 1 aromatic carbocycles. The van der Waals surface area contributed by atoms with Crippen LogP contribution in [0.2, 0.25) is 0 Å². The van der Waals surface area contributed by atoms with Gasteiger partial charge >= 0.3 is 0 Å². The molecule has 0 saturated carbocycles. The van der Waals surface area contributed by atoms with Gasteiger partial charge in [0.25, 0.3) is 0 Å². The summed E-state index contributed by atoms with van der Waals surface area (Å²) in [7, 11) is 0. The molecule has 3 rings (SSSR count). The molecule has 0 aliphatic carbocycles. The van der Waals surface area contributed by atoms with E-state index in [1.165, 1.54) is 5.56 Å². The number of hydrogen-bond acceptors (Lipinski definition) is 4. The van der Waals surface area contributed by atoms with Crippen LogP contribution in [0.4, 0.5) is 5.82 Å². The van der Waals surface area contributed by atoms with Crippen LogP contribution >= 0.6 is 0 Å². The topological polar surface area (TPSA) is 67.3 Å². The van der Waals surface area contributed by atoms with Crippen molar-refractivity contribution in [2.45, 2.75) is 18.7 Å². The van der Waals surface area contributed by atoms with Crippen LogP contribution in [0.15, 0.2) is 42.6 Å². The highest BCUT2D eigenvalue weighted by Crippen LogP contribution is 2.17. The summed E-state index contributed by atoms with van der Waals surface area (Å²) >= 11 is 0. The number of hydrogen-bond donors (Lipinski definition) is 2. The Hall–Kier alpha value is -1.85. The predicted octanol–water partition coefficient (Wildman–Crippen LogP) is 0.440. The minimum absolute atomic E-state index is 0.181. The van der Waals surface area contributed by atoms with E-state index in [-0.39, 0.29) is 6.04 Å². The number of aromatic nitrogens is 2. The summed E-state index contributed by atoms with van der Waals surface area (Å²) in [6.45, 7) is 1.97. The molecule has 3 N–H and O–H groups in total. The molecule has 2 atom stereocenters. The first kappa shape index (κ1) is 12.2. The molecule has 19 heavy (non-hydrogen) atoms. The van der Waals surface area contributed by atoms with Crippen molar-refractivity contribution in [1.82, 2.24) is 9.78 Å². The van der Waals surface area contributed by atoms with Crippen molar-refractivity contribution in [1.29, 1.82) is 0 Å². The molecular weight excluding hydrogens is 240 g/mol. The zero-order valence-corrected chi connectivity index (χ0v) is 10.7. The first-order valence-electron chi connectivity index (χ1n) is 6.48. The Balaban J connectivity index is 1.70. The molecule has 1 aliphatic heterocycles. The smallest absolute Gasteiger partial charge is 0.150 e. The van der Waals surface area contributed by atoms with E-state index in [2.05, 4.69) is 17.2 Å². The monoisotopic (exact) mass is 258 g/mol. The van der Waals surface area contributed by atoms with Gasteiger partial charge in [-0.2, -0.15) is 5.10 Å². The zero-order valence-electron chi connectivity index (χ0n) is 10.7. The number of rotatable bonds is 3. The SMILES string of the molecule is N[C@H]1CN(c2ccn(Cc3ccccc3)n2)C[C@H]1O. The van der Waals surface area contributed by atoms with Crippen molar-refractivity contribution in [3.05, 3.63) is 48.2 Å². The van der Waals surface area contributed by atoms with Crippen molar-refractivity contribution in [3.8, 4) is 0 Å². The van der Waals surface area contributed by atoms with Crippen LogP contribution in [0.3, 0.4) is 0 Å². The molecule has 1 aliphatic rings. The lowest BCUT2D eigenvalue weighted by atomic mass is 10.2. The highest BCUT2D eigenvalue weighted by Gasteiger charge is 2.29. The molecule has 0 amide bonds. The maximum Gasteiger partial charge on any atom is 0.150 e. The van der Waals surface area contributed by atoms with Gasteiger partial charge in [-0.15, -0.1) is 0 Å². The fraction of sp³-hybridized carbons (Fsp3) is 0.357. The van der Waals surface area contributed by atoms with Gasteiger partial charge in [-0.3, -0.25) is 4.68 Å². The average Bonchev–Trinajstić information content (AvgIpc) is 2.99.